The molecule has 1 fully saturated rings. The standard InChI is InChI=1S/C12H21N3O6/c1-20-6-4-9(10(16)17)14-11(18)15-5-3-8(7-15)13-12(19)21-2/h8-9H,3-7H2,1-2H3,(H,13,19)(H,14,18)(H,16,17). The van der Waals surface area contributed by atoms with Crippen LogP contribution in [0.3, 0.4) is 0 Å². The second-order valence-electron chi connectivity index (χ2n) is 4.69. The van der Waals surface area contributed by atoms with E-state index in [4.69, 9.17) is 9.84 Å². The van der Waals surface area contributed by atoms with Crippen molar-refractivity contribution in [3.05, 3.63) is 0 Å². The number of nitrogens with one attached hydrogen (secondary N) is 2. The maximum atomic E-state index is 12.0. The Kier molecular flexibility index (Phi) is 6.73. The molecule has 9 heteroatoms. The number of alkyl carbamates (subject to hydrolysis) is 1. The van der Waals surface area contributed by atoms with E-state index in [0.29, 0.717) is 19.5 Å². The van der Waals surface area contributed by atoms with Gasteiger partial charge in [-0.1, -0.05) is 0 Å². The van der Waals surface area contributed by atoms with E-state index in [1.807, 2.05) is 0 Å². The van der Waals surface area contributed by atoms with E-state index in [2.05, 4.69) is 15.4 Å². The maximum Gasteiger partial charge on any atom is 0.407 e. The lowest BCUT2D eigenvalue weighted by Gasteiger charge is -2.21. The lowest BCUT2D eigenvalue weighted by molar-refractivity contribution is -0.139. The van der Waals surface area contributed by atoms with Gasteiger partial charge in [0.05, 0.1) is 13.2 Å². The number of aliphatic carboxylic acids is 1. The normalized spacial score (nSPS) is 19.0. The fraction of sp³-hybridized carbons (Fsp3) is 0.750. The summed E-state index contributed by atoms with van der Waals surface area (Å²) < 4.78 is 9.30. The monoisotopic (exact) mass is 303 g/mol. The fourth-order valence-electron chi connectivity index (χ4n) is 2.02. The van der Waals surface area contributed by atoms with Crippen LogP contribution < -0.4 is 10.6 Å². The molecular weight excluding hydrogens is 282 g/mol. The predicted molar refractivity (Wildman–Crippen MR) is 72.0 cm³/mol. The van der Waals surface area contributed by atoms with Crippen molar-refractivity contribution in [3.63, 3.8) is 0 Å². The largest absolute Gasteiger partial charge is 0.480 e. The SMILES string of the molecule is COCCC(NC(=O)N1CCC(NC(=O)OC)C1)C(=O)O. The van der Waals surface area contributed by atoms with Gasteiger partial charge >= 0.3 is 18.1 Å². The highest BCUT2D eigenvalue weighted by atomic mass is 16.5. The molecule has 2 atom stereocenters. The van der Waals surface area contributed by atoms with Gasteiger partial charge in [0, 0.05) is 33.2 Å². The molecule has 0 aliphatic carbocycles. The van der Waals surface area contributed by atoms with Crippen LogP contribution in [0, 0.1) is 0 Å². The number of ether oxygens (including phenoxy) is 2. The molecule has 0 spiro atoms. The zero-order valence-electron chi connectivity index (χ0n) is 12.1. The van der Waals surface area contributed by atoms with Crippen LogP contribution in [0.1, 0.15) is 12.8 Å². The van der Waals surface area contributed by atoms with E-state index in [1.165, 1.54) is 19.1 Å². The quantitative estimate of drug-likeness (QED) is 0.615. The molecule has 0 aromatic carbocycles. The van der Waals surface area contributed by atoms with Gasteiger partial charge in [-0.3, -0.25) is 0 Å². The summed E-state index contributed by atoms with van der Waals surface area (Å²) in [6.45, 7) is 0.998. The van der Waals surface area contributed by atoms with Crippen molar-refractivity contribution in [2.45, 2.75) is 24.9 Å². The van der Waals surface area contributed by atoms with Gasteiger partial charge in [-0.15, -0.1) is 0 Å². The Morgan fingerprint density at radius 3 is 2.67 bits per heavy atom. The highest BCUT2D eigenvalue weighted by Crippen LogP contribution is 2.10. The molecule has 3 amide bonds. The number of hydrogen-bond donors (Lipinski definition) is 3. The molecule has 0 radical (unpaired) electrons. The van der Waals surface area contributed by atoms with Gasteiger partial charge in [-0.2, -0.15) is 0 Å². The summed E-state index contributed by atoms with van der Waals surface area (Å²) in [7, 11) is 2.73. The molecule has 3 N–H and O–H groups in total. The minimum atomic E-state index is -1.11. The third-order valence-electron chi connectivity index (χ3n) is 3.19. The number of methoxy groups -OCH3 is 2. The first kappa shape index (κ1) is 17.0. The van der Waals surface area contributed by atoms with E-state index < -0.39 is 24.1 Å². The first-order valence-corrected chi connectivity index (χ1v) is 6.59. The molecule has 0 saturated carbocycles. The molecule has 0 bridgehead atoms. The average Bonchev–Trinajstić information content (AvgIpc) is 2.91. The zero-order valence-corrected chi connectivity index (χ0v) is 12.1. The Balaban J connectivity index is 2.44. The van der Waals surface area contributed by atoms with Crippen molar-refractivity contribution < 1.29 is 29.0 Å². The van der Waals surface area contributed by atoms with E-state index in [1.54, 1.807) is 0 Å². The Hall–Kier alpha value is -2.03. The number of amides is 3. The maximum absolute atomic E-state index is 12.0. The molecule has 0 aromatic rings. The third-order valence-corrected chi connectivity index (χ3v) is 3.19. The fourth-order valence-corrected chi connectivity index (χ4v) is 2.02. The number of likely N-dealkylation sites (tertiary alicyclic amines) is 1. The Morgan fingerprint density at radius 1 is 1.38 bits per heavy atom. The van der Waals surface area contributed by atoms with E-state index >= 15 is 0 Å². The van der Waals surface area contributed by atoms with E-state index in [0.717, 1.165) is 0 Å². The second kappa shape index (κ2) is 8.30. The molecular formula is C12H21N3O6. The van der Waals surface area contributed by atoms with E-state index in [-0.39, 0.29) is 19.1 Å². The summed E-state index contributed by atoms with van der Waals surface area (Å²) in [5.41, 5.74) is 0. The van der Waals surface area contributed by atoms with Gasteiger partial charge in [0.2, 0.25) is 0 Å². The molecule has 1 aliphatic heterocycles. The molecule has 9 nitrogen and oxygen atoms in total. The average molecular weight is 303 g/mol. The van der Waals surface area contributed by atoms with Crippen LogP contribution in [-0.4, -0.2) is 74.1 Å². The molecule has 0 aromatic heterocycles. The van der Waals surface area contributed by atoms with Crippen LogP contribution in [0.25, 0.3) is 0 Å². The van der Waals surface area contributed by atoms with Crippen LogP contribution in [0.4, 0.5) is 9.59 Å². The van der Waals surface area contributed by atoms with Gasteiger partial charge in [0.25, 0.3) is 0 Å². The molecule has 1 aliphatic rings. The van der Waals surface area contributed by atoms with Gasteiger partial charge in [0.1, 0.15) is 6.04 Å². The number of carbonyl (C=O) groups is 3. The smallest absolute Gasteiger partial charge is 0.407 e. The number of carboxylic acid groups (broad SMARTS) is 1. The topological polar surface area (TPSA) is 117 Å². The van der Waals surface area contributed by atoms with Gasteiger partial charge < -0.3 is 30.1 Å². The number of hydrogen-bond acceptors (Lipinski definition) is 5. The Labute approximate surface area is 122 Å². The third kappa shape index (κ3) is 5.46. The molecule has 1 saturated heterocycles. The number of carbonyl (C=O) groups excluding carboxylic acids is 2. The summed E-state index contributed by atoms with van der Waals surface area (Å²) in [6, 6.07) is -1.65. The summed E-state index contributed by atoms with van der Waals surface area (Å²) in [5, 5.41) is 14.1. The number of carboxylic acids is 1. The summed E-state index contributed by atoms with van der Waals surface area (Å²) >= 11 is 0. The minimum Gasteiger partial charge on any atom is -0.480 e. The van der Waals surface area contributed by atoms with Crippen molar-refractivity contribution in [1.29, 1.82) is 0 Å². The highest BCUT2D eigenvalue weighted by molar-refractivity contribution is 5.82. The summed E-state index contributed by atoms with van der Waals surface area (Å²) in [4.78, 5) is 35.6. The van der Waals surface area contributed by atoms with Gasteiger partial charge in [-0.05, 0) is 6.42 Å². The lowest BCUT2D eigenvalue weighted by Crippen LogP contribution is -2.48. The van der Waals surface area contributed by atoms with Crippen molar-refractivity contribution in [3.8, 4) is 0 Å². The van der Waals surface area contributed by atoms with Gasteiger partial charge in [0.15, 0.2) is 0 Å². The lowest BCUT2D eigenvalue weighted by atomic mass is 10.2. The van der Waals surface area contributed by atoms with Crippen LogP contribution in [0.15, 0.2) is 0 Å². The summed E-state index contributed by atoms with van der Waals surface area (Å²) in [5.74, 6) is -1.11. The second-order valence-corrected chi connectivity index (χ2v) is 4.69. The van der Waals surface area contributed by atoms with Crippen LogP contribution in [0.2, 0.25) is 0 Å². The van der Waals surface area contributed by atoms with E-state index in [9.17, 15) is 14.4 Å². The minimum absolute atomic E-state index is 0.189. The van der Waals surface area contributed by atoms with Crippen LogP contribution in [-0.2, 0) is 14.3 Å². The predicted octanol–water partition coefficient (Wildman–Crippen LogP) is -0.384. The highest BCUT2D eigenvalue weighted by Gasteiger charge is 2.29. The summed E-state index contributed by atoms with van der Waals surface area (Å²) in [6.07, 6.45) is 0.235. The Morgan fingerprint density at radius 2 is 2.10 bits per heavy atom. The number of urea groups is 1. The number of nitrogens with zero attached hydrogens (tertiary/aromatic N) is 1. The molecule has 21 heavy (non-hydrogen) atoms. The van der Waals surface area contributed by atoms with Crippen molar-refractivity contribution in [2.24, 2.45) is 0 Å². The molecule has 1 rings (SSSR count). The van der Waals surface area contributed by atoms with Crippen molar-refractivity contribution >= 4 is 18.1 Å². The Bertz CT molecular complexity index is 389. The first-order chi connectivity index (χ1) is 9.97. The first-order valence-electron chi connectivity index (χ1n) is 6.59. The van der Waals surface area contributed by atoms with Gasteiger partial charge in [-0.25, -0.2) is 14.4 Å². The zero-order chi connectivity index (χ0) is 15.8. The molecule has 1 heterocycles. The van der Waals surface area contributed by atoms with Crippen molar-refractivity contribution in [1.82, 2.24) is 15.5 Å². The van der Waals surface area contributed by atoms with Crippen molar-refractivity contribution in [2.75, 3.05) is 33.9 Å². The van der Waals surface area contributed by atoms with Crippen LogP contribution >= 0.6 is 0 Å². The molecule has 120 valence electrons. The van der Waals surface area contributed by atoms with Crippen LogP contribution in [0.5, 0.6) is 0 Å². The number of rotatable bonds is 6. The molecule has 2 unspecified atom stereocenters.